The third kappa shape index (κ3) is 5.79. The van der Waals surface area contributed by atoms with E-state index in [0.717, 1.165) is 0 Å². The molecular weight excluding hydrogens is 260 g/mol. The Bertz CT molecular complexity index is 450. The van der Waals surface area contributed by atoms with Crippen LogP contribution < -0.4 is 10.6 Å². The number of rotatable bonds is 4. The number of benzene rings is 1. The highest BCUT2D eigenvalue weighted by Crippen LogP contribution is 2.23. The highest BCUT2D eigenvalue weighted by atomic mass is 32.2. The van der Waals surface area contributed by atoms with Crippen molar-refractivity contribution in [3.05, 3.63) is 29.8 Å². The number of anilines is 1. The maximum atomic E-state index is 11.7. The molecule has 19 heavy (non-hydrogen) atoms. The van der Waals surface area contributed by atoms with Gasteiger partial charge in [0.2, 0.25) is 5.91 Å². The molecule has 0 heterocycles. The van der Waals surface area contributed by atoms with Gasteiger partial charge < -0.3 is 10.6 Å². The van der Waals surface area contributed by atoms with Crippen LogP contribution in [0.15, 0.2) is 24.3 Å². The van der Waals surface area contributed by atoms with Gasteiger partial charge in [-0.05, 0) is 24.3 Å². The van der Waals surface area contributed by atoms with E-state index in [9.17, 15) is 9.59 Å². The molecule has 104 valence electrons. The number of amides is 2. The number of nitrogens with one attached hydrogen (secondary N) is 2. The van der Waals surface area contributed by atoms with E-state index >= 15 is 0 Å². The number of thioether (sulfide) groups is 1. The summed E-state index contributed by atoms with van der Waals surface area (Å²) in [5.41, 5.74) is 1.27. The quantitative estimate of drug-likeness (QED) is 0.891. The average molecular weight is 280 g/mol. The zero-order valence-electron chi connectivity index (χ0n) is 11.7. The second-order valence-corrected chi connectivity index (χ2v) is 6.91. The Morgan fingerprint density at radius 2 is 1.74 bits per heavy atom. The first-order valence-electron chi connectivity index (χ1n) is 6.08. The van der Waals surface area contributed by atoms with Gasteiger partial charge >= 0.3 is 0 Å². The van der Waals surface area contributed by atoms with E-state index in [4.69, 9.17) is 0 Å². The zero-order chi connectivity index (χ0) is 14.5. The average Bonchev–Trinajstić information content (AvgIpc) is 2.35. The van der Waals surface area contributed by atoms with Crippen LogP contribution >= 0.6 is 11.8 Å². The largest absolute Gasteiger partial charge is 0.355 e. The molecule has 5 heteroatoms. The van der Waals surface area contributed by atoms with Crippen LogP contribution in [-0.4, -0.2) is 29.4 Å². The Labute approximate surface area is 118 Å². The molecule has 0 atom stereocenters. The molecule has 0 aliphatic heterocycles. The molecule has 0 aromatic heterocycles. The van der Waals surface area contributed by atoms with Crippen molar-refractivity contribution >= 4 is 29.3 Å². The van der Waals surface area contributed by atoms with Crippen molar-refractivity contribution in [2.75, 3.05) is 18.1 Å². The van der Waals surface area contributed by atoms with Crippen molar-refractivity contribution in [2.45, 2.75) is 25.5 Å². The Kier molecular flexibility index (Phi) is 5.42. The first-order chi connectivity index (χ1) is 8.81. The normalized spacial score (nSPS) is 10.9. The first-order valence-corrected chi connectivity index (χ1v) is 7.06. The lowest BCUT2D eigenvalue weighted by atomic mass is 10.2. The van der Waals surface area contributed by atoms with Crippen molar-refractivity contribution in [2.24, 2.45) is 0 Å². The Hall–Kier alpha value is -1.49. The van der Waals surface area contributed by atoms with Crippen molar-refractivity contribution < 1.29 is 9.59 Å². The zero-order valence-corrected chi connectivity index (χ0v) is 12.6. The van der Waals surface area contributed by atoms with Gasteiger partial charge in [0.15, 0.2) is 0 Å². The van der Waals surface area contributed by atoms with Crippen molar-refractivity contribution in [3.8, 4) is 0 Å². The third-order valence-electron chi connectivity index (χ3n) is 2.29. The number of carbonyl (C=O) groups is 2. The summed E-state index contributed by atoms with van der Waals surface area (Å²) in [5.74, 6) is 0.245. The van der Waals surface area contributed by atoms with E-state index < -0.39 is 0 Å². The van der Waals surface area contributed by atoms with Gasteiger partial charge in [0, 0.05) is 23.0 Å². The SMILES string of the molecule is CNC(=O)c1ccc(NC(=O)CSC(C)(C)C)cc1. The smallest absolute Gasteiger partial charge is 0.251 e. The molecule has 0 fully saturated rings. The van der Waals surface area contributed by atoms with Crippen LogP contribution in [0.1, 0.15) is 31.1 Å². The van der Waals surface area contributed by atoms with Crippen LogP contribution in [0.5, 0.6) is 0 Å². The minimum absolute atomic E-state index is 0.0346. The van der Waals surface area contributed by atoms with Gasteiger partial charge in [-0.1, -0.05) is 20.8 Å². The van der Waals surface area contributed by atoms with Crippen LogP contribution in [0.2, 0.25) is 0 Å². The van der Waals surface area contributed by atoms with Crippen molar-refractivity contribution in [3.63, 3.8) is 0 Å². The maximum Gasteiger partial charge on any atom is 0.251 e. The summed E-state index contributed by atoms with van der Waals surface area (Å²) in [5, 5.41) is 5.36. The van der Waals surface area contributed by atoms with Crippen molar-refractivity contribution in [1.29, 1.82) is 0 Å². The van der Waals surface area contributed by atoms with E-state index in [1.165, 1.54) is 0 Å². The number of hydrogen-bond acceptors (Lipinski definition) is 3. The molecule has 0 spiro atoms. The van der Waals surface area contributed by atoms with Crippen LogP contribution in [0, 0.1) is 0 Å². The summed E-state index contributed by atoms with van der Waals surface area (Å²) in [4.78, 5) is 23.1. The van der Waals surface area contributed by atoms with Crippen LogP contribution in [-0.2, 0) is 4.79 Å². The summed E-state index contributed by atoms with van der Waals surface area (Å²) in [6, 6.07) is 6.82. The summed E-state index contributed by atoms with van der Waals surface area (Å²) >= 11 is 1.60. The molecule has 1 rings (SSSR count). The molecule has 1 aromatic carbocycles. The molecule has 0 radical (unpaired) electrons. The standard InChI is InChI=1S/C14H20N2O2S/c1-14(2,3)19-9-12(17)16-11-7-5-10(6-8-11)13(18)15-4/h5-8H,9H2,1-4H3,(H,15,18)(H,16,17). The predicted octanol–water partition coefficient (Wildman–Crippen LogP) is 2.52. The van der Waals surface area contributed by atoms with Gasteiger partial charge in [-0.3, -0.25) is 9.59 Å². The van der Waals surface area contributed by atoms with Gasteiger partial charge in [-0.25, -0.2) is 0 Å². The van der Waals surface area contributed by atoms with Crippen LogP contribution in [0.25, 0.3) is 0 Å². The number of carbonyl (C=O) groups excluding carboxylic acids is 2. The van der Waals surface area contributed by atoms with Gasteiger partial charge in [0.25, 0.3) is 5.91 Å². The molecule has 2 N–H and O–H groups in total. The fourth-order valence-corrected chi connectivity index (χ4v) is 1.96. The summed E-state index contributed by atoms with van der Waals surface area (Å²) in [6.45, 7) is 6.22. The lowest BCUT2D eigenvalue weighted by Gasteiger charge is -2.17. The van der Waals surface area contributed by atoms with Gasteiger partial charge in [-0.15, -0.1) is 11.8 Å². The van der Waals surface area contributed by atoms with E-state index in [1.807, 2.05) is 0 Å². The lowest BCUT2D eigenvalue weighted by molar-refractivity contribution is -0.113. The first kappa shape index (κ1) is 15.6. The minimum atomic E-state index is -0.138. The van der Waals surface area contributed by atoms with Crippen molar-refractivity contribution in [1.82, 2.24) is 5.32 Å². The molecule has 1 aromatic rings. The van der Waals surface area contributed by atoms with Gasteiger partial charge in [0.05, 0.1) is 5.75 Å². The fourth-order valence-electron chi connectivity index (χ4n) is 1.33. The molecule has 0 saturated carbocycles. The highest BCUT2D eigenvalue weighted by Gasteiger charge is 2.13. The Morgan fingerprint density at radius 3 is 2.21 bits per heavy atom. The summed E-state index contributed by atoms with van der Waals surface area (Å²) in [6.07, 6.45) is 0. The molecular formula is C14H20N2O2S. The fraction of sp³-hybridized carbons (Fsp3) is 0.429. The topological polar surface area (TPSA) is 58.2 Å². The lowest BCUT2D eigenvalue weighted by Crippen LogP contribution is -2.19. The minimum Gasteiger partial charge on any atom is -0.355 e. The Balaban J connectivity index is 2.54. The molecule has 0 aliphatic carbocycles. The molecule has 4 nitrogen and oxygen atoms in total. The van der Waals surface area contributed by atoms with Crippen LogP contribution in [0.3, 0.4) is 0 Å². The molecule has 0 bridgehead atoms. The third-order valence-corrected chi connectivity index (χ3v) is 3.57. The second kappa shape index (κ2) is 6.61. The van der Waals surface area contributed by atoms with Gasteiger partial charge in [0.1, 0.15) is 0 Å². The summed E-state index contributed by atoms with van der Waals surface area (Å²) < 4.78 is 0.0699. The predicted molar refractivity (Wildman–Crippen MR) is 80.7 cm³/mol. The molecule has 0 saturated heterocycles. The monoisotopic (exact) mass is 280 g/mol. The number of hydrogen-bond donors (Lipinski definition) is 2. The summed E-state index contributed by atoms with van der Waals surface area (Å²) in [7, 11) is 1.59. The van der Waals surface area contributed by atoms with E-state index in [0.29, 0.717) is 17.0 Å². The van der Waals surface area contributed by atoms with Crippen LogP contribution in [0.4, 0.5) is 5.69 Å². The molecule has 2 amide bonds. The Morgan fingerprint density at radius 1 is 1.16 bits per heavy atom. The van der Waals surface area contributed by atoms with E-state index in [-0.39, 0.29) is 16.6 Å². The van der Waals surface area contributed by atoms with E-state index in [2.05, 4.69) is 31.4 Å². The highest BCUT2D eigenvalue weighted by molar-refractivity contribution is 8.01. The molecule has 0 unspecified atom stereocenters. The van der Waals surface area contributed by atoms with E-state index in [1.54, 1.807) is 43.1 Å². The maximum absolute atomic E-state index is 11.7. The molecule has 0 aliphatic rings. The van der Waals surface area contributed by atoms with Gasteiger partial charge in [-0.2, -0.15) is 0 Å². The second-order valence-electron chi connectivity index (χ2n) is 5.11.